The number of hydrogen-bond donors (Lipinski definition) is 1. The van der Waals surface area contributed by atoms with Gasteiger partial charge in [-0.3, -0.25) is 0 Å². The first-order chi connectivity index (χ1) is 8.69. The van der Waals surface area contributed by atoms with Gasteiger partial charge in [0.15, 0.2) is 0 Å². The summed E-state index contributed by atoms with van der Waals surface area (Å²) in [5.41, 5.74) is 2.29. The largest absolute Gasteiger partial charge is 0.380 e. The second kappa shape index (κ2) is 6.70. The van der Waals surface area contributed by atoms with Crippen molar-refractivity contribution in [3.63, 3.8) is 0 Å². The predicted octanol–water partition coefficient (Wildman–Crippen LogP) is 5.03. The molecule has 1 N–H and O–H groups in total. The summed E-state index contributed by atoms with van der Waals surface area (Å²) in [5, 5.41) is 3.41. The van der Waals surface area contributed by atoms with Gasteiger partial charge < -0.3 is 10.1 Å². The molecule has 0 aliphatic heterocycles. The molecule has 0 fully saturated rings. The molecule has 1 aromatic heterocycles. The Bertz CT molecular complexity index is 508. The highest BCUT2D eigenvalue weighted by atomic mass is 79.9. The Kier molecular flexibility index (Phi) is 5.24. The number of halogens is 2. The SMILES string of the molecule is COCc1cccc(NCc2cc(Br)c(Br)s2)c1. The molecule has 0 amide bonds. The molecule has 0 unspecified atom stereocenters. The summed E-state index contributed by atoms with van der Waals surface area (Å²) >= 11 is 8.73. The molecule has 2 aromatic rings. The van der Waals surface area contributed by atoms with Crippen LogP contribution in [-0.4, -0.2) is 7.11 Å². The van der Waals surface area contributed by atoms with Crippen molar-refractivity contribution >= 4 is 48.9 Å². The van der Waals surface area contributed by atoms with Crippen LogP contribution >= 0.6 is 43.2 Å². The van der Waals surface area contributed by atoms with E-state index >= 15 is 0 Å². The fourth-order valence-electron chi connectivity index (χ4n) is 1.61. The number of methoxy groups -OCH3 is 1. The first-order valence-electron chi connectivity index (χ1n) is 5.44. The summed E-state index contributed by atoms with van der Waals surface area (Å²) in [7, 11) is 1.71. The molecule has 1 aromatic carbocycles. The number of anilines is 1. The molecule has 0 saturated carbocycles. The fourth-order valence-corrected chi connectivity index (χ4v) is 3.72. The van der Waals surface area contributed by atoms with Crippen LogP contribution in [0, 0.1) is 0 Å². The molecule has 1 heterocycles. The maximum atomic E-state index is 5.13. The van der Waals surface area contributed by atoms with Crippen molar-refractivity contribution in [1.29, 1.82) is 0 Å². The van der Waals surface area contributed by atoms with Gasteiger partial charge in [0.1, 0.15) is 0 Å². The molecule has 0 saturated heterocycles. The Labute approximate surface area is 128 Å². The standard InChI is InChI=1S/C13H13Br2NOS/c1-17-8-9-3-2-4-10(5-9)16-7-11-6-12(14)13(15)18-11/h2-6,16H,7-8H2,1H3. The molecular formula is C13H13Br2NOS. The van der Waals surface area contributed by atoms with Crippen LogP contribution in [0.1, 0.15) is 10.4 Å². The molecule has 96 valence electrons. The predicted molar refractivity (Wildman–Crippen MR) is 84.2 cm³/mol. The van der Waals surface area contributed by atoms with Crippen LogP contribution < -0.4 is 5.32 Å². The number of benzene rings is 1. The van der Waals surface area contributed by atoms with Gasteiger partial charge in [0.05, 0.1) is 10.4 Å². The zero-order chi connectivity index (χ0) is 13.0. The van der Waals surface area contributed by atoms with Crippen LogP contribution in [0.3, 0.4) is 0 Å². The summed E-state index contributed by atoms with van der Waals surface area (Å²) in [5.74, 6) is 0. The Morgan fingerprint density at radius 2 is 2.11 bits per heavy atom. The summed E-state index contributed by atoms with van der Waals surface area (Å²) in [6, 6.07) is 10.4. The van der Waals surface area contributed by atoms with Crippen LogP contribution in [0.2, 0.25) is 0 Å². The van der Waals surface area contributed by atoms with E-state index in [2.05, 4.69) is 61.4 Å². The van der Waals surface area contributed by atoms with Gasteiger partial charge in [0.2, 0.25) is 0 Å². The third-order valence-corrected chi connectivity index (χ3v) is 5.66. The van der Waals surface area contributed by atoms with Gasteiger partial charge in [-0.15, -0.1) is 11.3 Å². The summed E-state index contributed by atoms with van der Waals surface area (Å²) in [6.07, 6.45) is 0. The van der Waals surface area contributed by atoms with E-state index in [0.717, 1.165) is 20.5 Å². The quantitative estimate of drug-likeness (QED) is 0.772. The van der Waals surface area contributed by atoms with Crippen LogP contribution in [0.5, 0.6) is 0 Å². The minimum absolute atomic E-state index is 0.644. The van der Waals surface area contributed by atoms with E-state index in [1.165, 1.54) is 10.4 Å². The van der Waals surface area contributed by atoms with Gasteiger partial charge in [0, 0.05) is 28.7 Å². The zero-order valence-electron chi connectivity index (χ0n) is 9.87. The second-order valence-electron chi connectivity index (χ2n) is 3.82. The normalized spacial score (nSPS) is 10.6. The molecule has 0 bridgehead atoms. The van der Waals surface area contributed by atoms with E-state index in [0.29, 0.717) is 6.61 Å². The van der Waals surface area contributed by atoms with Crippen molar-refractivity contribution in [3.8, 4) is 0 Å². The van der Waals surface area contributed by atoms with Crippen LogP contribution in [0.15, 0.2) is 38.6 Å². The van der Waals surface area contributed by atoms with Crippen molar-refractivity contribution in [2.24, 2.45) is 0 Å². The molecule has 0 aliphatic rings. The third-order valence-electron chi connectivity index (χ3n) is 2.40. The minimum atomic E-state index is 0.644. The Morgan fingerprint density at radius 3 is 2.78 bits per heavy atom. The number of thiophene rings is 1. The maximum absolute atomic E-state index is 5.13. The van der Waals surface area contributed by atoms with E-state index in [-0.39, 0.29) is 0 Å². The van der Waals surface area contributed by atoms with Crippen molar-refractivity contribution in [2.75, 3.05) is 12.4 Å². The van der Waals surface area contributed by atoms with Gasteiger partial charge in [-0.05, 0) is 55.6 Å². The summed E-state index contributed by atoms with van der Waals surface area (Å²) < 4.78 is 7.37. The van der Waals surface area contributed by atoms with E-state index < -0.39 is 0 Å². The molecule has 0 atom stereocenters. The third kappa shape index (κ3) is 3.82. The van der Waals surface area contributed by atoms with Crippen LogP contribution in [-0.2, 0) is 17.9 Å². The molecular weight excluding hydrogens is 378 g/mol. The highest BCUT2D eigenvalue weighted by Crippen LogP contribution is 2.32. The van der Waals surface area contributed by atoms with Gasteiger partial charge in [0.25, 0.3) is 0 Å². The minimum Gasteiger partial charge on any atom is -0.380 e. The highest BCUT2D eigenvalue weighted by Gasteiger charge is 2.04. The Morgan fingerprint density at radius 1 is 1.28 bits per heavy atom. The molecule has 0 spiro atoms. The molecule has 2 rings (SSSR count). The number of hydrogen-bond acceptors (Lipinski definition) is 3. The first kappa shape index (κ1) is 14.1. The molecule has 5 heteroatoms. The van der Waals surface area contributed by atoms with E-state index in [1.807, 2.05) is 6.07 Å². The lowest BCUT2D eigenvalue weighted by molar-refractivity contribution is 0.185. The maximum Gasteiger partial charge on any atom is 0.0843 e. The molecule has 18 heavy (non-hydrogen) atoms. The molecule has 2 nitrogen and oxygen atoms in total. The lowest BCUT2D eigenvalue weighted by Gasteiger charge is -2.07. The van der Waals surface area contributed by atoms with Gasteiger partial charge in [-0.2, -0.15) is 0 Å². The topological polar surface area (TPSA) is 21.3 Å². The van der Waals surface area contributed by atoms with Crippen molar-refractivity contribution < 1.29 is 4.74 Å². The van der Waals surface area contributed by atoms with E-state index in [9.17, 15) is 0 Å². The van der Waals surface area contributed by atoms with Crippen LogP contribution in [0.25, 0.3) is 0 Å². The average molecular weight is 391 g/mol. The monoisotopic (exact) mass is 389 g/mol. The van der Waals surface area contributed by atoms with E-state index in [4.69, 9.17) is 4.74 Å². The van der Waals surface area contributed by atoms with Crippen LogP contribution in [0.4, 0.5) is 5.69 Å². The highest BCUT2D eigenvalue weighted by molar-refractivity contribution is 9.13. The number of ether oxygens (including phenoxy) is 1. The summed E-state index contributed by atoms with van der Waals surface area (Å²) in [6.45, 7) is 1.47. The van der Waals surface area contributed by atoms with Crippen molar-refractivity contribution in [1.82, 2.24) is 0 Å². The Balaban J connectivity index is 1.99. The number of nitrogens with one attached hydrogen (secondary N) is 1. The molecule has 0 radical (unpaired) electrons. The first-order valence-corrected chi connectivity index (χ1v) is 7.85. The van der Waals surface area contributed by atoms with Gasteiger partial charge >= 0.3 is 0 Å². The average Bonchev–Trinajstić information content (AvgIpc) is 2.67. The lowest BCUT2D eigenvalue weighted by Crippen LogP contribution is -1.98. The number of rotatable bonds is 5. The second-order valence-corrected chi connectivity index (χ2v) is 7.13. The van der Waals surface area contributed by atoms with Crippen molar-refractivity contribution in [2.45, 2.75) is 13.2 Å². The van der Waals surface area contributed by atoms with Gasteiger partial charge in [-0.1, -0.05) is 12.1 Å². The smallest absolute Gasteiger partial charge is 0.0843 e. The van der Waals surface area contributed by atoms with Crippen molar-refractivity contribution in [3.05, 3.63) is 49.0 Å². The van der Waals surface area contributed by atoms with E-state index in [1.54, 1.807) is 18.4 Å². The summed E-state index contributed by atoms with van der Waals surface area (Å²) in [4.78, 5) is 1.28. The Hall–Kier alpha value is -0.360. The lowest BCUT2D eigenvalue weighted by atomic mass is 10.2. The van der Waals surface area contributed by atoms with Gasteiger partial charge in [-0.25, -0.2) is 0 Å². The fraction of sp³-hybridized carbons (Fsp3) is 0.231. The zero-order valence-corrected chi connectivity index (χ0v) is 13.9. The molecule has 0 aliphatic carbocycles.